The van der Waals surface area contributed by atoms with Crippen LogP contribution in [-0.4, -0.2) is 24.5 Å². The van der Waals surface area contributed by atoms with Gasteiger partial charge in [-0.2, -0.15) is 0 Å². The zero-order chi connectivity index (χ0) is 17.0. The van der Waals surface area contributed by atoms with Crippen molar-refractivity contribution in [2.24, 2.45) is 0 Å². The van der Waals surface area contributed by atoms with Crippen molar-refractivity contribution in [1.29, 1.82) is 0 Å². The Morgan fingerprint density at radius 1 is 1.30 bits per heavy atom. The van der Waals surface area contributed by atoms with Gasteiger partial charge in [0.15, 0.2) is 12.0 Å². The number of benzene rings is 1. The average Bonchev–Trinajstić information content (AvgIpc) is 2.52. The first-order valence-electron chi connectivity index (χ1n) is 7.41. The van der Waals surface area contributed by atoms with E-state index in [1.165, 1.54) is 0 Å². The number of carbonyl (C=O) groups excluding carboxylic acids is 2. The number of aryl methyl sites for hydroxylation is 1. The van der Waals surface area contributed by atoms with Crippen molar-refractivity contribution in [3.8, 4) is 0 Å². The lowest BCUT2D eigenvalue weighted by Gasteiger charge is -2.11. The second kappa shape index (κ2) is 7.09. The minimum Gasteiger partial charge on any atom is -0.450 e. The largest absolute Gasteiger partial charge is 0.450 e. The van der Waals surface area contributed by atoms with Crippen LogP contribution in [-0.2, 0) is 9.53 Å². The fourth-order valence-corrected chi connectivity index (χ4v) is 1.99. The van der Waals surface area contributed by atoms with E-state index < -0.39 is 18.5 Å². The van der Waals surface area contributed by atoms with Crippen molar-refractivity contribution < 1.29 is 18.7 Å². The first-order chi connectivity index (χ1) is 10.9. The SMILES string of the molecule is CC[C@H](C)NC(=O)COC(=O)c1cc(=O)c2cc(C)ccc2o1. The quantitative estimate of drug-likeness (QED) is 0.854. The van der Waals surface area contributed by atoms with Crippen LogP contribution in [0.25, 0.3) is 11.0 Å². The topological polar surface area (TPSA) is 85.6 Å². The van der Waals surface area contributed by atoms with Gasteiger partial charge in [0.25, 0.3) is 5.91 Å². The number of hydrogen-bond donors (Lipinski definition) is 1. The number of esters is 1. The number of amides is 1. The summed E-state index contributed by atoms with van der Waals surface area (Å²) in [7, 11) is 0. The van der Waals surface area contributed by atoms with Crippen molar-refractivity contribution in [2.45, 2.75) is 33.2 Å². The summed E-state index contributed by atoms with van der Waals surface area (Å²) < 4.78 is 10.3. The summed E-state index contributed by atoms with van der Waals surface area (Å²) in [6.07, 6.45) is 0.776. The van der Waals surface area contributed by atoms with Gasteiger partial charge in [0.1, 0.15) is 5.58 Å². The highest BCUT2D eigenvalue weighted by atomic mass is 16.5. The fourth-order valence-electron chi connectivity index (χ4n) is 1.99. The maximum absolute atomic E-state index is 12.0. The predicted molar refractivity (Wildman–Crippen MR) is 85.4 cm³/mol. The van der Waals surface area contributed by atoms with Crippen molar-refractivity contribution >= 4 is 22.8 Å². The lowest BCUT2D eigenvalue weighted by Crippen LogP contribution is -2.35. The summed E-state index contributed by atoms with van der Waals surface area (Å²) in [5.74, 6) is -1.46. The molecule has 2 aromatic rings. The molecule has 2 rings (SSSR count). The molecule has 1 atom stereocenters. The lowest BCUT2D eigenvalue weighted by atomic mass is 10.1. The minimum atomic E-state index is -0.844. The van der Waals surface area contributed by atoms with E-state index in [2.05, 4.69) is 5.32 Å². The molecule has 122 valence electrons. The molecule has 0 unspecified atom stereocenters. The molecule has 6 heteroatoms. The van der Waals surface area contributed by atoms with Crippen LogP contribution in [0.2, 0.25) is 0 Å². The zero-order valence-electron chi connectivity index (χ0n) is 13.3. The number of nitrogens with one attached hydrogen (secondary N) is 1. The Balaban J connectivity index is 2.11. The summed E-state index contributed by atoms with van der Waals surface area (Å²) in [6.45, 7) is 5.22. The van der Waals surface area contributed by atoms with Crippen LogP contribution in [0.5, 0.6) is 0 Å². The molecular formula is C17H19NO5. The molecule has 6 nitrogen and oxygen atoms in total. The molecule has 0 aliphatic carbocycles. The Morgan fingerprint density at radius 3 is 2.74 bits per heavy atom. The highest BCUT2D eigenvalue weighted by molar-refractivity contribution is 5.90. The van der Waals surface area contributed by atoms with E-state index >= 15 is 0 Å². The molecule has 1 aromatic heterocycles. The molecular weight excluding hydrogens is 298 g/mol. The highest BCUT2D eigenvalue weighted by Crippen LogP contribution is 2.14. The van der Waals surface area contributed by atoms with Crippen LogP contribution in [0, 0.1) is 6.92 Å². The third-order valence-electron chi connectivity index (χ3n) is 3.44. The van der Waals surface area contributed by atoms with Gasteiger partial charge in [-0.25, -0.2) is 4.79 Å². The van der Waals surface area contributed by atoms with Crippen molar-refractivity contribution in [1.82, 2.24) is 5.32 Å². The molecule has 0 spiro atoms. The van der Waals surface area contributed by atoms with Gasteiger partial charge < -0.3 is 14.5 Å². The molecule has 1 aromatic carbocycles. The first kappa shape index (κ1) is 16.7. The summed E-state index contributed by atoms with van der Waals surface area (Å²) in [6, 6.07) is 6.17. The molecule has 0 bridgehead atoms. The van der Waals surface area contributed by atoms with E-state index in [1.54, 1.807) is 18.2 Å². The van der Waals surface area contributed by atoms with Gasteiger partial charge in [-0.15, -0.1) is 0 Å². The van der Waals surface area contributed by atoms with Crippen LogP contribution in [0.4, 0.5) is 0 Å². The number of carbonyl (C=O) groups is 2. The fraction of sp³-hybridized carbons (Fsp3) is 0.353. The van der Waals surface area contributed by atoms with Crippen LogP contribution in [0.1, 0.15) is 36.4 Å². The molecule has 1 N–H and O–H groups in total. The Labute approximate surface area is 133 Å². The smallest absolute Gasteiger partial charge is 0.374 e. The Morgan fingerprint density at radius 2 is 2.04 bits per heavy atom. The summed E-state index contributed by atoms with van der Waals surface area (Å²) >= 11 is 0. The second-order valence-electron chi connectivity index (χ2n) is 5.43. The Bertz CT molecular complexity index is 793. The van der Waals surface area contributed by atoms with Gasteiger partial charge in [-0.3, -0.25) is 9.59 Å². The molecule has 0 aliphatic heterocycles. The number of hydrogen-bond acceptors (Lipinski definition) is 5. The van der Waals surface area contributed by atoms with E-state index in [0.29, 0.717) is 11.0 Å². The second-order valence-corrected chi connectivity index (χ2v) is 5.43. The maximum atomic E-state index is 12.0. The normalized spacial score (nSPS) is 12.0. The lowest BCUT2D eigenvalue weighted by molar-refractivity contribution is -0.124. The molecule has 1 amide bonds. The zero-order valence-corrected chi connectivity index (χ0v) is 13.3. The molecule has 1 heterocycles. The van der Waals surface area contributed by atoms with Crippen LogP contribution < -0.4 is 10.7 Å². The van der Waals surface area contributed by atoms with Gasteiger partial charge in [0, 0.05) is 12.1 Å². The summed E-state index contributed by atoms with van der Waals surface area (Å²) in [5, 5.41) is 3.07. The van der Waals surface area contributed by atoms with Crippen LogP contribution in [0.15, 0.2) is 33.5 Å². The first-order valence-corrected chi connectivity index (χ1v) is 7.41. The Kier molecular flexibility index (Phi) is 5.16. The number of fused-ring (bicyclic) bond motifs is 1. The highest BCUT2D eigenvalue weighted by Gasteiger charge is 2.16. The van der Waals surface area contributed by atoms with Crippen molar-refractivity contribution in [3.05, 3.63) is 45.8 Å². The van der Waals surface area contributed by atoms with Crippen LogP contribution in [0.3, 0.4) is 0 Å². The summed E-state index contributed by atoms with van der Waals surface area (Å²) in [5.41, 5.74) is 0.895. The minimum absolute atomic E-state index is 0.00282. The molecule has 0 aliphatic rings. The van der Waals surface area contributed by atoms with E-state index in [1.807, 2.05) is 20.8 Å². The van der Waals surface area contributed by atoms with Crippen molar-refractivity contribution in [3.63, 3.8) is 0 Å². The molecule has 0 fully saturated rings. The van der Waals surface area contributed by atoms with Gasteiger partial charge >= 0.3 is 5.97 Å². The Hall–Kier alpha value is -2.63. The monoisotopic (exact) mass is 317 g/mol. The van der Waals surface area contributed by atoms with E-state index in [0.717, 1.165) is 18.1 Å². The molecule has 23 heavy (non-hydrogen) atoms. The van der Waals surface area contributed by atoms with Gasteiger partial charge in [-0.05, 0) is 32.4 Å². The van der Waals surface area contributed by atoms with E-state index in [9.17, 15) is 14.4 Å². The van der Waals surface area contributed by atoms with E-state index in [-0.39, 0.29) is 17.2 Å². The average molecular weight is 317 g/mol. The van der Waals surface area contributed by atoms with Gasteiger partial charge in [-0.1, -0.05) is 18.6 Å². The third kappa shape index (κ3) is 4.18. The van der Waals surface area contributed by atoms with Crippen LogP contribution >= 0.6 is 0 Å². The molecule has 0 radical (unpaired) electrons. The number of ether oxygens (including phenoxy) is 1. The molecule has 0 saturated carbocycles. The molecule has 0 saturated heterocycles. The van der Waals surface area contributed by atoms with Gasteiger partial charge in [0.2, 0.25) is 5.76 Å². The maximum Gasteiger partial charge on any atom is 0.374 e. The van der Waals surface area contributed by atoms with E-state index in [4.69, 9.17) is 9.15 Å². The summed E-state index contributed by atoms with van der Waals surface area (Å²) in [4.78, 5) is 35.5. The van der Waals surface area contributed by atoms with Crippen molar-refractivity contribution in [2.75, 3.05) is 6.61 Å². The predicted octanol–water partition coefficient (Wildman–Crippen LogP) is 2.17. The number of rotatable bonds is 5. The standard InChI is InChI=1S/C17H19NO5/c1-4-11(3)18-16(20)9-22-17(21)15-8-13(19)12-7-10(2)5-6-14(12)23-15/h5-8,11H,4,9H2,1-3H3,(H,18,20)/t11-/m0/s1. The van der Waals surface area contributed by atoms with Gasteiger partial charge in [0.05, 0.1) is 5.39 Å². The third-order valence-corrected chi connectivity index (χ3v) is 3.44.